The molecule has 0 saturated heterocycles. The zero-order chi connectivity index (χ0) is 43.0. The summed E-state index contributed by atoms with van der Waals surface area (Å²) in [5.41, 5.74) is 16.3. The minimum Gasteiger partial charge on any atom is -0.310 e. The Morgan fingerprint density at radius 3 is 1.68 bits per heavy atom. The molecule has 2 heteroatoms. The highest BCUT2D eigenvalue weighted by atomic mass is 15.2. The van der Waals surface area contributed by atoms with E-state index >= 15 is 0 Å². The molecule has 0 aromatic heterocycles. The van der Waals surface area contributed by atoms with Gasteiger partial charge in [-0.1, -0.05) is 163 Å². The number of hydrogen-bond acceptors (Lipinski definition) is 2. The second kappa shape index (κ2) is 17.0. The Kier molecular flexibility index (Phi) is 11.2. The number of rotatable bonds is 12. The molecular formula is C60H58N2. The van der Waals surface area contributed by atoms with Crippen LogP contribution in [0.1, 0.15) is 93.2 Å². The van der Waals surface area contributed by atoms with Crippen molar-refractivity contribution in [1.82, 2.24) is 0 Å². The van der Waals surface area contributed by atoms with Crippen molar-refractivity contribution in [3.05, 3.63) is 222 Å². The van der Waals surface area contributed by atoms with Crippen LogP contribution in [0.25, 0.3) is 27.1 Å². The van der Waals surface area contributed by atoms with E-state index in [0.29, 0.717) is 11.8 Å². The molecule has 0 radical (unpaired) electrons. The fourth-order valence-electron chi connectivity index (χ4n) is 9.83. The van der Waals surface area contributed by atoms with Gasteiger partial charge in [0.15, 0.2) is 0 Å². The Bertz CT molecular complexity index is 2890. The molecule has 1 atom stereocenters. The third-order valence-corrected chi connectivity index (χ3v) is 13.2. The zero-order valence-electron chi connectivity index (χ0n) is 37.2. The summed E-state index contributed by atoms with van der Waals surface area (Å²) in [6.45, 7) is 17.7. The van der Waals surface area contributed by atoms with Gasteiger partial charge in [-0.15, -0.1) is 0 Å². The van der Waals surface area contributed by atoms with Crippen molar-refractivity contribution in [2.24, 2.45) is 0 Å². The van der Waals surface area contributed by atoms with Crippen molar-refractivity contribution in [2.75, 3.05) is 9.80 Å². The average molecular weight is 807 g/mol. The quantitative estimate of drug-likeness (QED) is 0.0896. The number of hydrogen-bond donors (Lipinski definition) is 0. The first kappa shape index (κ1) is 40.7. The van der Waals surface area contributed by atoms with E-state index in [1.165, 1.54) is 77.6 Å². The third-order valence-electron chi connectivity index (χ3n) is 13.2. The summed E-state index contributed by atoms with van der Waals surface area (Å²) >= 11 is 0. The Morgan fingerprint density at radius 1 is 0.597 bits per heavy atom. The molecule has 7 aromatic rings. The lowest BCUT2D eigenvalue weighted by molar-refractivity contribution is 0.605. The van der Waals surface area contributed by atoms with Gasteiger partial charge in [0.2, 0.25) is 0 Å². The summed E-state index contributed by atoms with van der Waals surface area (Å²) in [7, 11) is 0. The fourth-order valence-corrected chi connectivity index (χ4v) is 9.83. The van der Waals surface area contributed by atoms with Crippen molar-refractivity contribution < 1.29 is 0 Å². The first-order chi connectivity index (χ1) is 30.2. The molecule has 0 saturated carbocycles. The Morgan fingerprint density at radius 2 is 1.13 bits per heavy atom. The zero-order valence-corrected chi connectivity index (χ0v) is 37.2. The van der Waals surface area contributed by atoms with E-state index in [4.69, 9.17) is 0 Å². The second-order valence-corrected chi connectivity index (χ2v) is 18.0. The van der Waals surface area contributed by atoms with Crippen LogP contribution in [0.3, 0.4) is 0 Å². The van der Waals surface area contributed by atoms with Gasteiger partial charge >= 0.3 is 0 Å². The highest BCUT2D eigenvalue weighted by Crippen LogP contribution is 2.53. The molecular weight excluding hydrogens is 749 g/mol. The van der Waals surface area contributed by atoms with Gasteiger partial charge in [0.05, 0.1) is 11.4 Å². The maximum absolute atomic E-state index is 3.96. The van der Waals surface area contributed by atoms with Gasteiger partial charge in [-0.05, 0) is 154 Å². The minimum atomic E-state index is -0.197. The minimum absolute atomic E-state index is 0.197. The molecule has 62 heavy (non-hydrogen) atoms. The van der Waals surface area contributed by atoms with E-state index in [2.05, 4.69) is 228 Å². The summed E-state index contributed by atoms with van der Waals surface area (Å²) < 4.78 is 0. The Labute approximate surface area is 369 Å². The lowest BCUT2D eigenvalue weighted by Crippen LogP contribution is -2.23. The molecule has 0 fully saturated rings. The highest BCUT2D eigenvalue weighted by molar-refractivity contribution is 6.19. The van der Waals surface area contributed by atoms with Gasteiger partial charge in [0.1, 0.15) is 0 Å². The second-order valence-electron chi connectivity index (χ2n) is 18.0. The standard InChI is InChI=1S/C60H58N2/c1-8-9-13-20-43(6)54-39-56(61(46-21-14-10-15-22-46)48-29-25-44(26-30-48)41(2)3)52-36-34-51-55(60(7)37-18-12-19-38-60)40-57(53-35-33-50(54)58(52)59(51)53)62(47-23-16-11-17-24-47)49-31-27-45(28-32-49)42(4)5/h8-32,34,36-37,39-42H,1,33,35,38H2,2-7H3/b13-9-,43-20+. The maximum Gasteiger partial charge on any atom is 0.0546 e. The Balaban J connectivity index is 1.43. The summed E-state index contributed by atoms with van der Waals surface area (Å²) in [5.74, 6) is 0.902. The van der Waals surface area contributed by atoms with E-state index in [9.17, 15) is 0 Å². The highest BCUT2D eigenvalue weighted by Gasteiger charge is 2.33. The molecule has 0 N–H and O–H groups in total. The molecule has 0 heterocycles. The van der Waals surface area contributed by atoms with Crippen molar-refractivity contribution in [3.8, 4) is 0 Å². The molecule has 0 spiro atoms. The summed E-state index contributed by atoms with van der Waals surface area (Å²) in [6.07, 6.45) is 20.2. The van der Waals surface area contributed by atoms with Crippen LogP contribution in [-0.4, -0.2) is 0 Å². The van der Waals surface area contributed by atoms with Crippen LogP contribution < -0.4 is 9.80 Å². The third kappa shape index (κ3) is 7.43. The van der Waals surface area contributed by atoms with Crippen LogP contribution in [0.5, 0.6) is 0 Å². The lowest BCUT2D eigenvalue weighted by Gasteiger charge is -2.36. The maximum atomic E-state index is 3.96. The largest absolute Gasteiger partial charge is 0.310 e. The molecule has 1 unspecified atom stereocenters. The van der Waals surface area contributed by atoms with E-state index in [0.717, 1.165) is 36.3 Å². The van der Waals surface area contributed by atoms with E-state index in [1.807, 2.05) is 12.2 Å². The van der Waals surface area contributed by atoms with Crippen LogP contribution >= 0.6 is 0 Å². The monoisotopic (exact) mass is 806 g/mol. The first-order valence-corrected chi connectivity index (χ1v) is 22.5. The van der Waals surface area contributed by atoms with Crippen molar-refractivity contribution in [2.45, 2.75) is 78.1 Å². The van der Waals surface area contributed by atoms with Gasteiger partial charge in [-0.25, -0.2) is 0 Å². The first-order valence-electron chi connectivity index (χ1n) is 22.5. The van der Waals surface area contributed by atoms with Crippen molar-refractivity contribution >= 4 is 61.2 Å². The van der Waals surface area contributed by atoms with Gasteiger partial charge in [0, 0.05) is 33.6 Å². The topological polar surface area (TPSA) is 6.48 Å². The van der Waals surface area contributed by atoms with E-state index < -0.39 is 0 Å². The number of aryl methyl sites for hydroxylation is 2. The predicted octanol–water partition coefficient (Wildman–Crippen LogP) is 17.2. The van der Waals surface area contributed by atoms with E-state index in [1.54, 1.807) is 0 Å². The lowest BCUT2D eigenvalue weighted by atomic mass is 9.72. The van der Waals surface area contributed by atoms with E-state index in [-0.39, 0.29) is 5.41 Å². The molecule has 0 amide bonds. The smallest absolute Gasteiger partial charge is 0.0546 e. The van der Waals surface area contributed by atoms with Gasteiger partial charge in [0.25, 0.3) is 0 Å². The summed E-state index contributed by atoms with van der Waals surface area (Å²) in [5, 5.41) is 5.34. The number of nitrogens with zero attached hydrogens (tertiary/aromatic N) is 2. The van der Waals surface area contributed by atoms with Gasteiger partial charge in [-0.2, -0.15) is 0 Å². The van der Waals surface area contributed by atoms with Crippen LogP contribution in [0.15, 0.2) is 189 Å². The van der Waals surface area contributed by atoms with Gasteiger partial charge in [-0.3, -0.25) is 0 Å². The molecule has 2 nitrogen and oxygen atoms in total. The number of benzene rings is 7. The Hall–Kier alpha value is -6.64. The van der Waals surface area contributed by atoms with Crippen LogP contribution in [-0.2, 0) is 18.3 Å². The summed E-state index contributed by atoms with van der Waals surface area (Å²) in [6, 6.07) is 50.3. The molecule has 9 rings (SSSR count). The van der Waals surface area contributed by atoms with Gasteiger partial charge < -0.3 is 9.80 Å². The molecule has 0 bridgehead atoms. The number of anilines is 6. The average Bonchev–Trinajstić information content (AvgIpc) is 3.30. The van der Waals surface area contributed by atoms with Crippen molar-refractivity contribution in [3.63, 3.8) is 0 Å². The fraction of sp³-hybridized carbons (Fsp3) is 0.200. The predicted molar refractivity (Wildman–Crippen MR) is 270 cm³/mol. The molecule has 2 aliphatic carbocycles. The number of allylic oxidation sites excluding steroid dienone is 9. The number of para-hydroxylation sites is 2. The van der Waals surface area contributed by atoms with Crippen LogP contribution in [0.4, 0.5) is 34.1 Å². The van der Waals surface area contributed by atoms with Crippen LogP contribution in [0.2, 0.25) is 0 Å². The molecule has 2 aliphatic rings. The normalized spacial score (nSPS) is 16.0. The molecule has 308 valence electrons. The SMILES string of the molecule is C=C/C=C\C=C(/C)c1cc(N(c2ccccc2)c2ccc(C(C)C)cc2)c2ccc3c(C4(C)C=CC=CC4)cc(N(c4ccccc4)c4ccc(C(C)C)cc4)c4c3c2c1CC4. The van der Waals surface area contributed by atoms with Crippen molar-refractivity contribution in [1.29, 1.82) is 0 Å². The molecule has 7 aromatic carbocycles. The molecule has 0 aliphatic heterocycles. The van der Waals surface area contributed by atoms with Crippen LogP contribution in [0, 0.1) is 0 Å². The summed E-state index contributed by atoms with van der Waals surface area (Å²) in [4.78, 5) is 5.01.